The highest BCUT2D eigenvalue weighted by Crippen LogP contribution is 2.16. The Morgan fingerprint density at radius 2 is 2.35 bits per heavy atom. The molecule has 2 aromatic heterocycles. The minimum Gasteiger partial charge on any atom is -0.343 e. The first-order valence-corrected chi connectivity index (χ1v) is 7.76. The summed E-state index contributed by atoms with van der Waals surface area (Å²) in [6.07, 6.45) is 1.69. The molecule has 1 atom stereocenters. The van der Waals surface area contributed by atoms with Crippen molar-refractivity contribution < 1.29 is 13.7 Å². The van der Waals surface area contributed by atoms with Crippen LogP contribution in [0, 0.1) is 5.82 Å². The second kappa shape index (κ2) is 6.66. The number of nitrogens with zero attached hydrogens (tertiary/aromatic N) is 3. The van der Waals surface area contributed by atoms with E-state index >= 15 is 0 Å². The van der Waals surface area contributed by atoms with Gasteiger partial charge in [-0.05, 0) is 24.6 Å². The molecule has 6 nitrogen and oxygen atoms in total. The van der Waals surface area contributed by atoms with Crippen molar-refractivity contribution in [2.75, 3.05) is 0 Å². The smallest absolute Gasteiger partial charge is 0.271 e. The molecule has 0 aliphatic heterocycles. The maximum absolute atomic E-state index is 13.2. The Hall–Kier alpha value is -2.61. The zero-order valence-corrected chi connectivity index (χ0v) is 13.0. The van der Waals surface area contributed by atoms with Crippen LogP contribution in [0.15, 0.2) is 40.6 Å². The van der Waals surface area contributed by atoms with Crippen molar-refractivity contribution in [3.05, 3.63) is 63.9 Å². The lowest BCUT2D eigenvalue weighted by atomic mass is 10.1. The van der Waals surface area contributed by atoms with Crippen LogP contribution in [0.4, 0.5) is 4.39 Å². The SMILES string of the molecule is CC(NC(=O)c1csc(Cc2cccc(F)c2)n1)c1ncon1. The topological polar surface area (TPSA) is 80.9 Å². The monoisotopic (exact) mass is 332 g/mol. The molecule has 0 saturated heterocycles. The number of nitrogens with one attached hydrogen (secondary N) is 1. The minimum atomic E-state index is -0.380. The van der Waals surface area contributed by atoms with Crippen molar-refractivity contribution in [1.82, 2.24) is 20.4 Å². The van der Waals surface area contributed by atoms with Gasteiger partial charge in [-0.3, -0.25) is 4.79 Å². The van der Waals surface area contributed by atoms with Gasteiger partial charge < -0.3 is 9.84 Å². The van der Waals surface area contributed by atoms with Crippen LogP contribution in [-0.4, -0.2) is 21.0 Å². The van der Waals surface area contributed by atoms with Gasteiger partial charge in [0.15, 0.2) is 5.82 Å². The Bertz CT molecular complexity index is 803. The zero-order valence-electron chi connectivity index (χ0n) is 12.2. The third kappa shape index (κ3) is 3.78. The van der Waals surface area contributed by atoms with E-state index in [-0.39, 0.29) is 17.8 Å². The molecule has 3 aromatic rings. The molecule has 2 heterocycles. The third-order valence-electron chi connectivity index (χ3n) is 3.14. The van der Waals surface area contributed by atoms with Gasteiger partial charge in [0.1, 0.15) is 11.5 Å². The van der Waals surface area contributed by atoms with Crippen LogP contribution < -0.4 is 5.32 Å². The number of thiazole rings is 1. The van der Waals surface area contributed by atoms with Crippen LogP contribution in [-0.2, 0) is 6.42 Å². The Morgan fingerprint density at radius 1 is 1.48 bits per heavy atom. The Morgan fingerprint density at radius 3 is 3.09 bits per heavy atom. The summed E-state index contributed by atoms with van der Waals surface area (Å²) in [7, 11) is 0. The maximum atomic E-state index is 13.2. The van der Waals surface area contributed by atoms with Crippen LogP contribution >= 0.6 is 11.3 Å². The number of aromatic nitrogens is 3. The predicted molar refractivity (Wildman–Crippen MR) is 81.5 cm³/mol. The fourth-order valence-corrected chi connectivity index (χ4v) is 2.83. The predicted octanol–water partition coefficient (Wildman–Crippen LogP) is 2.75. The molecular weight excluding hydrogens is 319 g/mol. The highest BCUT2D eigenvalue weighted by atomic mass is 32.1. The van der Waals surface area contributed by atoms with Crippen molar-refractivity contribution in [3.8, 4) is 0 Å². The number of rotatable bonds is 5. The summed E-state index contributed by atoms with van der Waals surface area (Å²) in [6.45, 7) is 1.75. The third-order valence-corrected chi connectivity index (χ3v) is 3.99. The van der Waals surface area contributed by atoms with E-state index in [1.807, 2.05) is 6.07 Å². The van der Waals surface area contributed by atoms with E-state index in [9.17, 15) is 9.18 Å². The molecule has 8 heteroatoms. The molecule has 0 fully saturated rings. The Labute approximate surface area is 135 Å². The first kappa shape index (κ1) is 15.3. The lowest BCUT2D eigenvalue weighted by Crippen LogP contribution is -2.27. The van der Waals surface area contributed by atoms with Crippen LogP contribution in [0.25, 0.3) is 0 Å². The van der Waals surface area contributed by atoms with E-state index in [0.29, 0.717) is 17.9 Å². The number of halogens is 1. The molecule has 0 bridgehead atoms. The van der Waals surface area contributed by atoms with Crippen LogP contribution in [0.1, 0.15) is 39.8 Å². The van der Waals surface area contributed by atoms with Gasteiger partial charge in [0, 0.05) is 11.8 Å². The van der Waals surface area contributed by atoms with Gasteiger partial charge in [-0.15, -0.1) is 11.3 Å². The molecule has 1 unspecified atom stereocenters. The lowest BCUT2D eigenvalue weighted by Gasteiger charge is -2.07. The standard InChI is InChI=1S/C15H13FN4O2S/c1-9(14-17-8-22-20-14)18-15(21)12-7-23-13(19-12)6-10-3-2-4-11(16)5-10/h2-5,7-9H,6H2,1H3,(H,18,21). The highest BCUT2D eigenvalue weighted by molar-refractivity contribution is 7.09. The van der Waals surface area contributed by atoms with E-state index in [4.69, 9.17) is 0 Å². The summed E-state index contributed by atoms with van der Waals surface area (Å²) in [4.78, 5) is 20.3. The summed E-state index contributed by atoms with van der Waals surface area (Å²) in [5.41, 5.74) is 1.13. The average molecular weight is 332 g/mol. The summed E-state index contributed by atoms with van der Waals surface area (Å²) >= 11 is 1.36. The van der Waals surface area contributed by atoms with E-state index in [2.05, 4.69) is 25.0 Å². The first-order valence-electron chi connectivity index (χ1n) is 6.88. The number of carbonyl (C=O) groups is 1. The first-order chi connectivity index (χ1) is 11.1. The van der Waals surface area contributed by atoms with Crippen molar-refractivity contribution in [1.29, 1.82) is 0 Å². The molecule has 0 aliphatic carbocycles. The second-order valence-corrected chi connectivity index (χ2v) is 5.86. The molecule has 118 valence electrons. The molecule has 23 heavy (non-hydrogen) atoms. The van der Waals surface area contributed by atoms with E-state index < -0.39 is 0 Å². The molecular formula is C15H13FN4O2S. The van der Waals surface area contributed by atoms with Crippen LogP contribution in [0.5, 0.6) is 0 Å². The van der Waals surface area contributed by atoms with Crippen molar-refractivity contribution in [2.45, 2.75) is 19.4 Å². The van der Waals surface area contributed by atoms with E-state index in [1.54, 1.807) is 18.4 Å². The number of hydrogen-bond acceptors (Lipinski definition) is 6. The normalized spacial score (nSPS) is 12.1. The van der Waals surface area contributed by atoms with Gasteiger partial charge in [-0.25, -0.2) is 9.37 Å². The largest absolute Gasteiger partial charge is 0.343 e. The van der Waals surface area contributed by atoms with E-state index in [0.717, 1.165) is 10.6 Å². The summed E-state index contributed by atoms with van der Waals surface area (Å²) in [5.74, 6) is -0.205. The molecule has 0 radical (unpaired) electrons. The summed E-state index contributed by atoms with van der Waals surface area (Å²) in [6, 6.07) is 5.94. The number of carbonyl (C=O) groups excluding carboxylic acids is 1. The Kier molecular flexibility index (Phi) is 4.42. The van der Waals surface area contributed by atoms with Crippen molar-refractivity contribution in [3.63, 3.8) is 0 Å². The minimum absolute atomic E-state index is 0.286. The van der Waals surface area contributed by atoms with Gasteiger partial charge in [0.2, 0.25) is 6.39 Å². The highest BCUT2D eigenvalue weighted by Gasteiger charge is 2.17. The molecule has 0 saturated carbocycles. The number of hydrogen-bond donors (Lipinski definition) is 1. The molecule has 3 rings (SSSR count). The van der Waals surface area contributed by atoms with Gasteiger partial charge >= 0.3 is 0 Å². The zero-order chi connectivity index (χ0) is 16.2. The van der Waals surface area contributed by atoms with Crippen LogP contribution in [0.3, 0.4) is 0 Å². The molecule has 0 spiro atoms. The van der Waals surface area contributed by atoms with Gasteiger partial charge in [-0.1, -0.05) is 17.3 Å². The number of benzene rings is 1. The molecule has 0 aliphatic rings. The van der Waals surface area contributed by atoms with Gasteiger partial charge in [0.25, 0.3) is 5.91 Å². The molecule has 1 aromatic carbocycles. The van der Waals surface area contributed by atoms with Crippen molar-refractivity contribution in [2.24, 2.45) is 0 Å². The second-order valence-electron chi connectivity index (χ2n) is 4.92. The molecule has 1 N–H and O–H groups in total. The maximum Gasteiger partial charge on any atom is 0.271 e. The van der Waals surface area contributed by atoms with Gasteiger partial charge in [-0.2, -0.15) is 4.98 Å². The fraction of sp³-hybridized carbons (Fsp3) is 0.200. The van der Waals surface area contributed by atoms with E-state index in [1.165, 1.54) is 29.9 Å². The lowest BCUT2D eigenvalue weighted by molar-refractivity contribution is 0.0933. The van der Waals surface area contributed by atoms with Crippen molar-refractivity contribution >= 4 is 17.2 Å². The Balaban J connectivity index is 1.65. The van der Waals surface area contributed by atoms with Crippen LogP contribution in [0.2, 0.25) is 0 Å². The summed E-state index contributed by atoms with van der Waals surface area (Å²) in [5, 5.41) is 8.84. The van der Waals surface area contributed by atoms with Gasteiger partial charge in [0.05, 0.1) is 11.0 Å². The fourth-order valence-electron chi connectivity index (χ4n) is 2.02. The quantitative estimate of drug-likeness (QED) is 0.777. The summed E-state index contributed by atoms with van der Waals surface area (Å²) < 4.78 is 17.8. The number of amides is 1. The molecule has 1 amide bonds. The average Bonchev–Trinajstić information content (AvgIpc) is 3.18.